The van der Waals surface area contributed by atoms with Gasteiger partial charge in [0.1, 0.15) is 17.3 Å². The van der Waals surface area contributed by atoms with Gasteiger partial charge in [0.2, 0.25) is 0 Å². The third-order valence-corrected chi connectivity index (χ3v) is 6.80. The molecule has 180 valence electrons. The Labute approximate surface area is 204 Å². The van der Waals surface area contributed by atoms with E-state index >= 15 is 4.39 Å². The van der Waals surface area contributed by atoms with Crippen molar-refractivity contribution in [3.05, 3.63) is 70.1 Å². The Kier molecular flexibility index (Phi) is 6.76. The van der Waals surface area contributed by atoms with Crippen LogP contribution in [0, 0.1) is 12.7 Å². The highest BCUT2D eigenvalue weighted by Gasteiger charge is 2.44. The van der Waals surface area contributed by atoms with Gasteiger partial charge in [0.25, 0.3) is 5.91 Å². The monoisotopic (exact) mass is 486 g/mol. The highest BCUT2D eigenvalue weighted by molar-refractivity contribution is 6.31. The predicted molar refractivity (Wildman–Crippen MR) is 132 cm³/mol. The van der Waals surface area contributed by atoms with E-state index in [9.17, 15) is 9.18 Å². The number of amides is 1. The summed E-state index contributed by atoms with van der Waals surface area (Å²) in [5.74, 6) is 0.0207. The number of rotatable bonds is 6. The van der Waals surface area contributed by atoms with Crippen molar-refractivity contribution >= 4 is 29.5 Å². The van der Waals surface area contributed by atoms with Crippen LogP contribution in [-0.2, 0) is 6.42 Å². The molecule has 1 saturated heterocycles. The number of carbonyl (C=O) groups is 1. The van der Waals surface area contributed by atoms with Gasteiger partial charge in [-0.15, -0.1) is 0 Å². The summed E-state index contributed by atoms with van der Waals surface area (Å²) in [6.07, 6.45) is 6.71. The van der Waals surface area contributed by atoms with Gasteiger partial charge in [-0.05, 0) is 61.7 Å². The van der Waals surface area contributed by atoms with Crippen molar-refractivity contribution in [3.63, 3.8) is 0 Å². The Balaban J connectivity index is 1.46. The second-order valence-corrected chi connectivity index (χ2v) is 9.96. The number of aromatic nitrogens is 1. The molecule has 2 aromatic rings. The molecule has 0 aliphatic carbocycles. The van der Waals surface area contributed by atoms with E-state index in [1.54, 1.807) is 11.1 Å². The number of anilines is 1. The van der Waals surface area contributed by atoms with Crippen LogP contribution in [0.3, 0.4) is 0 Å². The Morgan fingerprint density at radius 2 is 1.94 bits per heavy atom. The number of alkyl halides is 1. The van der Waals surface area contributed by atoms with Gasteiger partial charge < -0.3 is 9.80 Å². The number of allylic oxidation sites excluding steroid dienone is 1. The molecule has 0 radical (unpaired) electrons. The summed E-state index contributed by atoms with van der Waals surface area (Å²) in [6, 6.07) is 7.94. The molecule has 3 heterocycles. The summed E-state index contributed by atoms with van der Waals surface area (Å²) in [4.78, 5) is 25.8. The topological polar surface area (TPSA) is 48.8 Å². The van der Waals surface area contributed by atoms with Crippen molar-refractivity contribution in [2.24, 2.45) is 4.99 Å². The number of aliphatic imine (C=N–C) groups is 1. The standard InChI is InChI=1S/C26H29ClF2N4O/c1-18-13-20(31-23(14-18)32(2)3)16-26(7-4-10-30-26)17-25(29)8-11-33(12-9-25)24(34)19-5-6-22(28)21(27)15-19/h4-7,10,13-15H,8-9,11-12,16-17H2,1-3H3. The van der Waals surface area contributed by atoms with Crippen LogP contribution in [-0.4, -0.2) is 60.4 Å². The highest BCUT2D eigenvalue weighted by Crippen LogP contribution is 2.40. The lowest BCUT2D eigenvalue weighted by atomic mass is 9.78. The molecule has 1 amide bonds. The van der Waals surface area contributed by atoms with E-state index in [0.29, 0.717) is 12.0 Å². The van der Waals surface area contributed by atoms with Crippen molar-refractivity contribution < 1.29 is 13.6 Å². The molecule has 1 aromatic heterocycles. The van der Waals surface area contributed by atoms with E-state index < -0.39 is 17.0 Å². The van der Waals surface area contributed by atoms with Crippen LogP contribution < -0.4 is 4.90 Å². The van der Waals surface area contributed by atoms with E-state index in [2.05, 4.69) is 4.99 Å². The van der Waals surface area contributed by atoms with Gasteiger partial charge in [-0.2, -0.15) is 0 Å². The average Bonchev–Trinajstić information content (AvgIpc) is 3.22. The zero-order valence-corrected chi connectivity index (χ0v) is 20.4. The number of hydrogen-bond donors (Lipinski definition) is 0. The van der Waals surface area contributed by atoms with E-state index in [4.69, 9.17) is 16.6 Å². The number of hydrogen-bond acceptors (Lipinski definition) is 4. The lowest BCUT2D eigenvalue weighted by molar-refractivity contribution is 0.0322. The number of benzene rings is 1. The van der Waals surface area contributed by atoms with Crippen LogP contribution in [0.2, 0.25) is 5.02 Å². The van der Waals surface area contributed by atoms with Crippen LogP contribution >= 0.6 is 11.6 Å². The molecule has 0 N–H and O–H groups in total. The first-order valence-corrected chi connectivity index (χ1v) is 11.8. The largest absolute Gasteiger partial charge is 0.363 e. The second kappa shape index (κ2) is 9.45. The Morgan fingerprint density at radius 1 is 1.21 bits per heavy atom. The van der Waals surface area contributed by atoms with Gasteiger partial charge >= 0.3 is 0 Å². The van der Waals surface area contributed by atoms with E-state index in [0.717, 1.165) is 17.1 Å². The maximum Gasteiger partial charge on any atom is 0.253 e. The quantitative estimate of drug-likeness (QED) is 0.563. The second-order valence-electron chi connectivity index (χ2n) is 9.55. The molecule has 0 spiro atoms. The third kappa shape index (κ3) is 5.30. The molecule has 2 aliphatic rings. The summed E-state index contributed by atoms with van der Waals surface area (Å²) in [5, 5.41) is -0.0993. The van der Waals surface area contributed by atoms with Crippen molar-refractivity contribution in [2.45, 2.75) is 43.8 Å². The van der Waals surface area contributed by atoms with Crippen LogP contribution in [0.4, 0.5) is 14.6 Å². The van der Waals surface area contributed by atoms with Gasteiger partial charge in [0, 0.05) is 57.5 Å². The minimum Gasteiger partial charge on any atom is -0.363 e. The smallest absolute Gasteiger partial charge is 0.253 e. The maximum atomic E-state index is 16.1. The van der Waals surface area contributed by atoms with Gasteiger partial charge in [-0.25, -0.2) is 13.8 Å². The molecule has 1 fully saturated rings. The fourth-order valence-corrected chi connectivity index (χ4v) is 4.91. The van der Waals surface area contributed by atoms with E-state index in [-0.39, 0.29) is 43.3 Å². The zero-order chi connectivity index (χ0) is 24.5. The molecular formula is C26H29ClF2N4O. The average molecular weight is 487 g/mol. The summed E-state index contributed by atoms with van der Waals surface area (Å²) in [6.45, 7) is 2.58. The van der Waals surface area contributed by atoms with E-state index in [1.807, 2.05) is 50.2 Å². The Bertz CT molecular complexity index is 1130. The van der Waals surface area contributed by atoms with Gasteiger partial charge in [-0.1, -0.05) is 17.7 Å². The van der Waals surface area contributed by atoms with Gasteiger partial charge in [-0.3, -0.25) is 9.79 Å². The molecule has 1 unspecified atom stereocenters. The number of nitrogens with zero attached hydrogens (tertiary/aromatic N) is 4. The van der Waals surface area contributed by atoms with Gasteiger partial charge in [0.05, 0.1) is 10.6 Å². The normalized spacial score (nSPS) is 21.2. The lowest BCUT2D eigenvalue weighted by Gasteiger charge is -2.40. The number of likely N-dealkylation sites (tertiary alicyclic amines) is 1. The third-order valence-electron chi connectivity index (χ3n) is 6.52. The summed E-state index contributed by atoms with van der Waals surface area (Å²) >= 11 is 5.82. The van der Waals surface area contributed by atoms with Crippen LogP contribution in [0.1, 0.15) is 40.9 Å². The summed E-state index contributed by atoms with van der Waals surface area (Å²) in [5.41, 5.74) is 0.113. The molecule has 1 atom stereocenters. The molecule has 8 heteroatoms. The van der Waals surface area contributed by atoms with Crippen LogP contribution in [0.15, 0.2) is 47.5 Å². The molecule has 0 saturated carbocycles. The van der Waals surface area contributed by atoms with Crippen molar-refractivity contribution in [1.29, 1.82) is 0 Å². The van der Waals surface area contributed by atoms with E-state index in [1.165, 1.54) is 18.2 Å². The predicted octanol–water partition coefficient (Wildman–Crippen LogP) is 5.21. The lowest BCUT2D eigenvalue weighted by Crippen LogP contribution is -2.48. The van der Waals surface area contributed by atoms with Gasteiger partial charge in [0.15, 0.2) is 0 Å². The first kappa shape index (κ1) is 24.3. The Morgan fingerprint density at radius 3 is 2.56 bits per heavy atom. The SMILES string of the molecule is Cc1cc(CC2(CC3(F)CCN(C(=O)c4ccc(F)c(Cl)c4)CC3)C=CC=N2)nc(N(C)C)c1. The summed E-state index contributed by atoms with van der Waals surface area (Å²) in [7, 11) is 3.89. The van der Waals surface area contributed by atoms with Crippen molar-refractivity contribution in [2.75, 3.05) is 32.1 Å². The first-order chi connectivity index (χ1) is 16.1. The number of carbonyl (C=O) groups excluding carboxylic acids is 1. The van der Waals surface area contributed by atoms with Crippen molar-refractivity contribution in [3.8, 4) is 0 Å². The molecule has 5 nitrogen and oxygen atoms in total. The molecule has 2 aliphatic heterocycles. The number of halogens is 3. The summed E-state index contributed by atoms with van der Waals surface area (Å²) < 4.78 is 29.5. The molecule has 4 rings (SSSR count). The number of piperidine rings is 1. The maximum absolute atomic E-state index is 16.1. The van der Waals surface area contributed by atoms with Crippen LogP contribution in [0.25, 0.3) is 0 Å². The number of pyridine rings is 1. The molecular weight excluding hydrogens is 458 g/mol. The van der Waals surface area contributed by atoms with Crippen LogP contribution in [0.5, 0.6) is 0 Å². The molecule has 1 aromatic carbocycles. The molecule has 34 heavy (non-hydrogen) atoms. The highest BCUT2D eigenvalue weighted by atomic mass is 35.5. The zero-order valence-electron chi connectivity index (χ0n) is 19.7. The fraction of sp³-hybridized carbons (Fsp3) is 0.423. The minimum atomic E-state index is -1.46. The fourth-order valence-electron chi connectivity index (χ4n) is 4.73. The van der Waals surface area contributed by atoms with Crippen molar-refractivity contribution in [1.82, 2.24) is 9.88 Å². The number of aryl methyl sites for hydroxylation is 1. The Hall–Kier alpha value is -2.80. The first-order valence-electron chi connectivity index (χ1n) is 11.4. The molecule has 0 bridgehead atoms. The minimum absolute atomic E-state index is 0.0993.